The summed E-state index contributed by atoms with van der Waals surface area (Å²) in [5, 5.41) is 8.55. The molecular formula is C20H18Cl2F3N5O. The van der Waals surface area contributed by atoms with Crippen molar-refractivity contribution in [1.29, 1.82) is 0 Å². The highest BCUT2D eigenvalue weighted by Crippen LogP contribution is 2.37. The average molecular weight is 472 g/mol. The van der Waals surface area contributed by atoms with Crippen LogP contribution in [-0.2, 0) is 6.18 Å². The molecule has 2 heterocycles. The molecule has 0 bridgehead atoms. The number of halogens is 5. The summed E-state index contributed by atoms with van der Waals surface area (Å²) < 4.78 is 41.5. The minimum absolute atomic E-state index is 0.0648. The largest absolute Gasteiger partial charge is 0.433 e. The van der Waals surface area contributed by atoms with E-state index < -0.39 is 17.8 Å². The molecule has 4 rings (SSSR count). The Bertz CT molecular complexity index is 1140. The molecule has 0 aliphatic heterocycles. The van der Waals surface area contributed by atoms with E-state index in [-0.39, 0.29) is 28.3 Å². The Hall–Kier alpha value is -2.52. The lowest BCUT2D eigenvalue weighted by atomic mass is 9.90. The van der Waals surface area contributed by atoms with Crippen LogP contribution in [-0.4, -0.2) is 26.7 Å². The molecule has 0 saturated heterocycles. The van der Waals surface area contributed by atoms with E-state index in [4.69, 9.17) is 28.9 Å². The number of benzene rings is 1. The fourth-order valence-corrected chi connectivity index (χ4v) is 4.39. The molecule has 11 heteroatoms. The first-order chi connectivity index (χ1) is 14.6. The number of carbonyl (C=O) groups is 1. The highest BCUT2D eigenvalue weighted by Gasteiger charge is 2.34. The van der Waals surface area contributed by atoms with E-state index in [1.54, 1.807) is 10.7 Å². The second-order valence-electron chi connectivity index (χ2n) is 7.51. The van der Waals surface area contributed by atoms with E-state index in [2.05, 4.69) is 15.4 Å². The molecule has 0 spiro atoms. The van der Waals surface area contributed by atoms with Crippen LogP contribution in [0.1, 0.15) is 47.9 Å². The van der Waals surface area contributed by atoms with Gasteiger partial charge in [-0.2, -0.15) is 18.3 Å². The first kappa shape index (κ1) is 21.7. The van der Waals surface area contributed by atoms with Crippen LogP contribution < -0.4 is 11.1 Å². The zero-order valence-electron chi connectivity index (χ0n) is 16.1. The van der Waals surface area contributed by atoms with E-state index >= 15 is 0 Å². The number of fused-ring (bicyclic) bond motifs is 1. The Morgan fingerprint density at radius 3 is 2.52 bits per heavy atom. The van der Waals surface area contributed by atoms with Crippen molar-refractivity contribution in [2.24, 2.45) is 5.73 Å². The standard InChI is InChI=1S/C20H18Cl2F3N5O/c21-10-1-6-15-13(7-10)16(8-17(29-15)20(23,24)25)28-11-2-4-12(5-3-11)30-18(19(26)31)14(22)9-27-30/h1,6-9,11-12H,2-5H2,(H2,26,31)(H,28,29). The third-order valence-corrected chi connectivity index (χ3v) is 5.96. The highest BCUT2D eigenvalue weighted by atomic mass is 35.5. The lowest BCUT2D eigenvalue weighted by Gasteiger charge is -2.31. The predicted molar refractivity (Wildman–Crippen MR) is 112 cm³/mol. The smallest absolute Gasteiger partial charge is 0.382 e. The molecule has 3 aromatic rings. The number of carbonyl (C=O) groups excluding carboxylic acids is 1. The van der Waals surface area contributed by atoms with E-state index in [9.17, 15) is 18.0 Å². The van der Waals surface area contributed by atoms with Crippen molar-refractivity contribution in [3.05, 3.63) is 51.9 Å². The van der Waals surface area contributed by atoms with E-state index in [0.717, 1.165) is 6.07 Å². The number of nitrogens with two attached hydrogens (primary N) is 1. The van der Waals surface area contributed by atoms with Crippen molar-refractivity contribution in [2.45, 2.75) is 43.9 Å². The first-order valence-electron chi connectivity index (χ1n) is 9.60. The van der Waals surface area contributed by atoms with Gasteiger partial charge in [0.25, 0.3) is 5.91 Å². The molecule has 1 saturated carbocycles. The van der Waals surface area contributed by atoms with Gasteiger partial charge in [-0.3, -0.25) is 9.48 Å². The minimum Gasteiger partial charge on any atom is -0.382 e. The Balaban J connectivity index is 1.56. The fourth-order valence-electron chi connectivity index (χ4n) is 4.00. The molecule has 1 aromatic carbocycles. The lowest BCUT2D eigenvalue weighted by Crippen LogP contribution is -2.30. The second kappa shape index (κ2) is 8.20. The Morgan fingerprint density at radius 2 is 1.87 bits per heavy atom. The summed E-state index contributed by atoms with van der Waals surface area (Å²) in [5.74, 6) is -0.650. The number of hydrogen-bond donors (Lipinski definition) is 2. The van der Waals surface area contributed by atoms with Crippen LogP contribution in [0.2, 0.25) is 10.0 Å². The fraction of sp³-hybridized carbons (Fsp3) is 0.350. The van der Waals surface area contributed by atoms with Gasteiger partial charge in [0.1, 0.15) is 11.4 Å². The van der Waals surface area contributed by atoms with Gasteiger partial charge in [-0.25, -0.2) is 4.98 Å². The molecule has 31 heavy (non-hydrogen) atoms. The number of nitrogens with zero attached hydrogens (tertiary/aromatic N) is 3. The third-order valence-electron chi connectivity index (χ3n) is 5.45. The molecule has 3 N–H and O–H groups in total. The van der Waals surface area contributed by atoms with Gasteiger partial charge in [-0.05, 0) is 49.9 Å². The zero-order valence-corrected chi connectivity index (χ0v) is 17.6. The quantitative estimate of drug-likeness (QED) is 0.529. The Labute approximate surface area is 185 Å². The molecular weight excluding hydrogens is 454 g/mol. The van der Waals surface area contributed by atoms with Crippen molar-refractivity contribution >= 4 is 45.7 Å². The third kappa shape index (κ3) is 4.43. The van der Waals surface area contributed by atoms with E-state index in [0.29, 0.717) is 41.8 Å². The van der Waals surface area contributed by atoms with Crippen molar-refractivity contribution in [2.75, 3.05) is 5.32 Å². The highest BCUT2D eigenvalue weighted by molar-refractivity contribution is 6.33. The van der Waals surface area contributed by atoms with Crippen LogP contribution in [0, 0.1) is 0 Å². The van der Waals surface area contributed by atoms with Crippen LogP contribution in [0.15, 0.2) is 30.5 Å². The van der Waals surface area contributed by atoms with Gasteiger partial charge in [-0.1, -0.05) is 23.2 Å². The van der Waals surface area contributed by atoms with E-state index in [1.165, 1.54) is 18.3 Å². The van der Waals surface area contributed by atoms with Gasteiger partial charge < -0.3 is 11.1 Å². The van der Waals surface area contributed by atoms with Crippen LogP contribution in [0.25, 0.3) is 10.9 Å². The maximum atomic E-state index is 13.3. The SMILES string of the molecule is NC(=O)c1c(Cl)cnn1C1CCC(Nc2cc(C(F)(F)F)nc3ccc(Cl)cc23)CC1. The van der Waals surface area contributed by atoms with Crippen molar-refractivity contribution in [3.63, 3.8) is 0 Å². The zero-order chi connectivity index (χ0) is 22.3. The molecule has 1 fully saturated rings. The average Bonchev–Trinajstić information content (AvgIpc) is 3.09. The molecule has 164 valence electrons. The summed E-state index contributed by atoms with van der Waals surface area (Å²) in [6.45, 7) is 0. The summed E-state index contributed by atoms with van der Waals surface area (Å²) in [6.07, 6.45) is -0.542. The first-order valence-corrected chi connectivity index (χ1v) is 10.4. The number of anilines is 1. The lowest BCUT2D eigenvalue weighted by molar-refractivity contribution is -0.140. The van der Waals surface area contributed by atoms with Crippen LogP contribution in [0.4, 0.5) is 18.9 Å². The van der Waals surface area contributed by atoms with Crippen molar-refractivity contribution in [3.8, 4) is 0 Å². The summed E-state index contributed by atoms with van der Waals surface area (Å²) in [4.78, 5) is 15.4. The molecule has 2 aromatic heterocycles. The summed E-state index contributed by atoms with van der Waals surface area (Å²) in [5.41, 5.74) is 5.16. The maximum Gasteiger partial charge on any atom is 0.433 e. The summed E-state index contributed by atoms with van der Waals surface area (Å²) in [6, 6.07) is 5.47. The number of pyridine rings is 1. The second-order valence-corrected chi connectivity index (χ2v) is 8.36. The van der Waals surface area contributed by atoms with Gasteiger partial charge in [0.15, 0.2) is 0 Å². The number of aromatic nitrogens is 3. The van der Waals surface area contributed by atoms with Crippen LogP contribution in [0.3, 0.4) is 0 Å². The molecule has 0 atom stereocenters. The molecule has 6 nitrogen and oxygen atoms in total. The van der Waals surface area contributed by atoms with E-state index in [1.807, 2.05) is 0 Å². The van der Waals surface area contributed by atoms with Gasteiger partial charge in [0.05, 0.1) is 22.8 Å². The Kier molecular flexibility index (Phi) is 5.74. The van der Waals surface area contributed by atoms with Crippen molar-refractivity contribution in [1.82, 2.24) is 14.8 Å². The number of nitrogens with one attached hydrogen (secondary N) is 1. The van der Waals surface area contributed by atoms with Gasteiger partial charge >= 0.3 is 6.18 Å². The Morgan fingerprint density at radius 1 is 1.16 bits per heavy atom. The van der Waals surface area contributed by atoms with Crippen LogP contribution in [0.5, 0.6) is 0 Å². The monoisotopic (exact) mass is 471 g/mol. The van der Waals surface area contributed by atoms with Crippen LogP contribution >= 0.6 is 23.2 Å². The predicted octanol–water partition coefficient (Wildman–Crippen LogP) is 5.45. The molecule has 1 amide bonds. The van der Waals surface area contributed by atoms with Crippen molar-refractivity contribution < 1.29 is 18.0 Å². The maximum absolute atomic E-state index is 13.3. The number of amides is 1. The van der Waals surface area contributed by atoms with Gasteiger partial charge in [0, 0.05) is 22.1 Å². The molecule has 0 unspecified atom stereocenters. The number of alkyl halides is 3. The van der Waals surface area contributed by atoms with Gasteiger partial charge in [-0.15, -0.1) is 0 Å². The molecule has 1 aliphatic rings. The number of primary amides is 1. The minimum atomic E-state index is -4.56. The number of rotatable bonds is 4. The summed E-state index contributed by atoms with van der Waals surface area (Å²) >= 11 is 12.1. The van der Waals surface area contributed by atoms with Gasteiger partial charge in [0.2, 0.25) is 0 Å². The normalized spacial score (nSPS) is 19.5. The number of hydrogen-bond acceptors (Lipinski definition) is 4. The summed E-state index contributed by atoms with van der Waals surface area (Å²) in [7, 11) is 0. The topological polar surface area (TPSA) is 85.8 Å². The molecule has 1 aliphatic carbocycles. The molecule has 0 radical (unpaired) electrons.